The minimum atomic E-state index is 0.318. The second kappa shape index (κ2) is 7.86. The Morgan fingerprint density at radius 2 is 1.92 bits per heavy atom. The van der Waals surface area contributed by atoms with Crippen LogP contribution in [0.3, 0.4) is 0 Å². The highest BCUT2D eigenvalue weighted by atomic mass is 16.2. The third-order valence-corrected chi connectivity index (χ3v) is 6.71. The van der Waals surface area contributed by atoms with Gasteiger partial charge >= 0.3 is 0 Å². The zero-order valence-corrected chi connectivity index (χ0v) is 15.3. The number of carbonyl (C=O) groups excluding carboxylic acids is 1. The summed E-state index contributed by atoms with van der Waals surface area (Å²) < 4.78 is 0. The van der Waals surface area contributed by atoms with Crippen molar-refractivity contribution in [3.63, 3.8) is 0 Å². The van der Waals surface area contributed by atoms with Gasteiger partial charge in [0, 0.05) is 44.5 Å². The number of nitrogens with zero attached hydrogens (tertiary/aromatic N) is 3. The molecule has 3 heterocycles. The molecule has 1 amide bonds. The number of hydrogen-bond acceptors (Lipinski definition) is 3. The molecule has 4 rings (SSSR count). The molecule has 2 aliphatic heterocycles. The molecule has 4 heteroatoms. The third kappa shape index (κ3) is 4.05. The lowest BCUT2D eigenvalue weighted by Gasteiger charge is -2.44. The minimum absolute atomic E-state index is 0.318. The zero-order chi connectivity index (χ0) is 17.1. The van der Waals surface area contributed by atoms with Crippen LogP contribution in [-0.2, 0) is 11.3 Å². The Hall–Kier alpha value is -1.42. The summed E-state index contributed by atoms with van der Waals surface area (Å²) in [4.78, 5) is 21.5. The molecule has 0 bridgehead atoms. The number of pyridine rings is 1. The SMILES string of the molecule is O=C1CCC(N2CC[C@@H]3CCCC[C@H]3C2)CCN1Cc1cccnc1. The van der Waals surface area contributed by atoms with E-state index in [1.165, 1.54) is 45.2 Å². The zero-order valence-electron chi connectivity index (χ0n) is 15.3. The summed E-state index contributed by atoms with van der Waals surface area (Å²) in [5.74, 6) is 2.23. The van der Waals surface area contributed by atoms with Crippen molar-refractivity contribution in [2.75, 3.05) is 19.6 Å². The van der Waals surface area contributed by atoms with Crippen LogP contribution < -0.4 is 0 Å². The fraction of sp³-hybridized carbons (Fsp3) is 0.714. The maximum absolute atomic E-state index is 12.6. The lowest BCUT2D eigenvalue weighted by molar-refractivity contribution is -0.131. The first kappa shape index (κ1) is 17.0. The van der Waals surface area contributed by atoms with Gasteiger partial charge in [-0.2, -0.15) is 0 Å². The smallest absolute Gasteiger partial charge is 0.222 e. The highest BCUT2D eigenvalue weighted by molar-refractivity contribution is 5.76. The molecule has 3 fully saturated rings. The van der Waals surface area contributed by atoms with Crippen LogP contribution in [-0.4, -0.2) is 46.4 Å². The maximum atomic E-state index is 12.6. The number of piperidine rings is 1. The van der Waals surface area contributed by atoms with E-state index < -0.39 is 0 Å². The van der Waals surface area contributed by atoms with E-state index in [1.54, 1.807) is 6.20 Å². The van der Waals surface area contributed by atoms with Crippen molar-refractivity contribution in [3.8, 4) is 0 Å². The normalized spacial score (nSPS) is 31.4. The van der Waals surface area contributed by atoms with Crippen molar-refractivity contribution in [1.29, 1.82) is 0 Å². The summed E-state index contributed by atoms with van der Waals surface area (Å²) in [5, 5.41) is 0. The van der Waals surface area contributed by atoms with Crippen molar-refractivity contribution in [3.05, 3.63) is 30.1 Å². The molecule has 3 atom stereocenters. The lowest BCUT2D eigenvalue weighted by atomic mass is 9.74. The number of aromatic nitrogens is 1. The van der Waals surface area contributed by atoms with E-state index in [9.17, 15) is 4.79 Å². The van der Waals surface area contributed by atoms with Crippen LogP contribution in [0.15, 0.2) is 24.5 Å². The monoisotopic (exact) mass is 341 g/mol. The fourth-order valence-electron chi connectivity index (χ4n) is 5.23. The maximum Gasteiger partial charge on any atom is 0.222 e. The first-order valence-electron chi connectivity index (χ1n) is 10.2. The Morgan fingerprint density at radius 1 is 1.04 bits per heavy atom. The molecule has 25 heavy (non-hydrogen) atoms. The third-order valence-electron chi connectivity index (χ3n) is 6.71. The Bertz CT molecular complexity index is 576. The summed E-state index contributed by atoms with van der Waals surface area (Å²) in [7, 11) is 0. The summed E-state index contributed by atoms with van der Waals surface area (Å²) in [6, 6.07) is 4.62. The van der Waals surface area contributed by atoms with Gasteiger partial charge in [-0.25, -0.2) is 0 Å². The van der Waals surface area contributed by atoms with Gasteiger partial charge in [0.1, 0.15) is 0 Å². The average molecular weight is 341 g/mol. The highest BCUT2D eigenvalue weighted by Crippen LogP contribution is 2.37. The van der Waals surface area contributed by atoms with E-state index >= 15 is 0 Å². The standard InChI is InChI=1S/C21H31N3O/c25-21-8-7-20(10-13-24(21)15-17-4-3-11-22-14-17)23-12-9-18-5-1-2-6-19(18)16-23/h3-4,11,14,18-20H,1-2,5-10,12-13,15-16H2/t18-,19-,20?/m0/s1. The highest BCUT2D eigenvalue weighted by Gasteiger charge is 2.35. The van der Waals surface area contributed by atoms with Crippen LogP contribution >= 0.6 is 0 Å². The van der Waals surface area contributed by atoms with Gasteiger partial charge in [0.05, 0.1) is 0 Å². The lowest BCUT2D eigenvalue weighted by Crippen LogP contribution is -2.47. The molecular formula is C21H31N3O. The largest absolute Gasteiger partial charge is 0.338 e. The van der Waals surface area contributed by atoms with E-state index in [0.717, 1.165) is 36.8 Å². The molecule has 1 saturated carbocycles. The molecule has 3 aliphatic rings. The van der Waals surface area contributed by atoms with Gasteiger partial charge in [-0.1, -0.05) is 25.3 Å². The molecule has 4 nitrogen and oxygen atoms in total. The predicted molar refractivity (Wildman–Crippen MR) is 98.9 cm³/mol. The molecule has 136 valence electrons. The van der Waals surface area contributed by atoms with Crippen molar-refractivity contribution < 1.29 is 4.79 Å². The first-order chi connectivity index (χ1) is 12.3. The molecule has 1 aliphatic carbocycles. The van der Waals surface area contributed by atoms with Crippen LogP contribution in [0.1, 0.15) is 56.9 Å². The van der Waals surface area contributed by atoms with Gasteiger partial charge in [-0.15, -0.1) is 0 Å². The molecule has 0 N–H and O–H groups in total. The van der Waals surface area contributed by atoms with Gasteiger partial charge in [-0.3, -0.25) is 9.78 Å². The number of hydrogen-bond donors (Lipinski definition) is 0. The first-order valence-corrected chi connectivity index (χ1v) is 10.2. The Kier molecular flexibility index (Phi) is 5.35. The van der Waals surface area contributed by atoms with E-state index in [4.69, 9.17) is 0 Å². The van der Waals surface area contributed by atoms with Gasteiger partial charge in [0.15, 0.2) is 0 Å². The van der Waals surface area contributed by atoms with Crippen LogP contribution in [0.4, 0.5) is 0 Å². The molecule has 0 aromatic carbocycles. The Labute approximate surface area is 151 Å². The van der Waals surface area contributed by atoms with Gasteiger partial charge < -0.3 is 9.80 Å². The molecule has 2 saturated heterocycles. The molecule has 0 radical (unpaired) electrons. The number of fused-ring (bicyclic) bond motifs is 1. The molecule has 0 spiro atoms. The van der Waals surface area contributed by atoms with Gasteiger partial charge in [0.2, 0.25) is 5.91 Å². The molecule has 1 aromatic heterocycles. The van der Waals surface area contributed by atoms with E-state index in [2.05, 4.69) is 16.0 Å². The topological polar surface area (TPSA) is 36.4 Å². The fourth-order valence-corrected chi connectivity index (χ4v) is 5.23. The molecule has 1 unspecified atom stereocenters. The Balaban J connectivity index is 1.35. The van der Waals surface area contributed by atoms with Crippen molar-refractivity contribution in [2.45, 2.75) is 64.0 Å². The number of amides is 1. The second-order valence-corrected chi connectivity index (χ2v) is 8.25. The summed E-state index contributed by atoms with van der Waals surface area (Å²) in [6.07, 6.45) is 13.7. The summed E-state index contributed by atoms with van der Waals surface area (Å²) in [5.41, 5.74) is 1.14. The second-order valence-electron chi connectivity index (χ2n) is 8.25. The van der Waals surface area contributed by atoms with Crippen LogP contribution in [0, 0.1) is 11.8 Å². The van der Waals surface area contributed by atoms with Crippen molar-refractivity contribution in [1.82, 2.24) is 14.8 Å². The number of carbonyl (C=O) groups is 1. The number of rotatable bonds is 3. The average Bonchev–Trinajstić information content (AvgIpc) is 2.84. The van der Waals surface area contributed by atoms with Gasteiger partial charge in [-0.05, 0) is 55.7 Å². The van der Waals surface area contributed by atoms with Gasteiger partial charge in [0.25, 0.3) is 0 Å². The summed E-state index contributed by atoms with van der Waals surface area (Å²) in [6.45, 7) is 4.14. The molecular weight excluding hydrogens is 310 g/mol. The van der Waals surface area contributed by atoms with Crippen LogP contribution in [0.5, 0.6) is 0 Å². The summed E-state index contributed by atoms with van der Waals surface area (Å²) >= 11 is 0. The van der Waals surface area contributed by atoms with Crippen molar-refractivity contribution in [2.24, 2.45) is 11.8 Å². The minimum Gasteiger partial charge on any atom is -0.338 e. The molecule has 1 aromatic rings. The van der Waals surface area contributed by atoms with E-state index in [1.807, 2.05) is 17.2 Å². The van der Waals surface area contributed by atoms with E-state index in [-0.39, 0.29) is 0 Å². The quantitative estimate of drug-likeness (QED) is 0.844. The van der Waals surface area contributed by atoms with Crippen molar-refractivity contribution >= 4 is 5.91 Å². The van der Waals surface area contributed by atoms with E-state index in [0.29, 0.717) is 24.9 Å². The Morgan fingerprint density at radius 3 is 2.76 bits per heavy atom. The number of likely N-dealkylation sites (tertiary alicyclic amines) is 2. The van der Waals surface area contributed by atoms with Crippen LogP contribution in [0.25, 0.3) is 0 Å². The van der Waals surface area contributed by atoms with Crippen LogP contribution in [0.2, 0.25) is 0 Å². The predicted octanol–water partition coefficient (Wildman–Crippen LogP) is 3.47.